The van der Waals surface area contributed by atoms with Crippen LogP contribution >= 0.6 is 0 Å². The van der Waals surface area contributed by atoms with Crippen LogP contribution in [0.4, 0.5) is 5.69 Å². The Morgan fingerprint density at radius 3 is 2.40 bits per heavy atom. The lowest BCUT2D eigenvalue weighted by molar-refractivity contribution is -0.439. The number of aliphatic carboxylic acids is 1. The molecule has 0 atom stereocenters. The second kappa shape index (κ2) is 9.28. The third-order valence-electron chi connectivity index (χ3n) is 5.01. The number of hydrogen-bond acceptors (Lipinski definition) is 4. The zero-order valence-electron chi connectivity index (χ0n) is 15.6. The highest BCUT2D eigenvalue weighted by Crippen LogP contribution is 2.40. The zero-order chi connectivity index (χ0) is 19.0. The summed E-state index contributed by atoms with van der Waals surface area (Å²) in [5.41, 5.74) is 5.58. The molecule has 2 rings (SSSR count). The Morgan fingerprint density at radius 2 is 1.84 bits per heavy atom. The molecule has 1 heterocycles. The minimum atomic E-state index is -0.942. The molecule has 0 amide bonds. The lowest BCUT2D eigenvalue weighted by atomic mass is 9.81. The van der Waals surface area contributed by atoms with Gasteiger partial charge in [-0.05, 0) is 51.2 Å². The van der Waals surface area contributed by atoms with Crippen molar-refractivity contribution in [1.29, 1.82) is 0 Å². The fourth-order valence-corrected chi connectivity index (χ4v) is 3.26. The maximum Gasteiger partial charge on any atom is 0.373 e. The monoisotopic (exact) mass is 345 g/mol. The molecule has 0 bridgehead atoms. The Bertz CT molecular complexity index is 683. The Labute approximate surface area is 149 Å². The van der Waals surface area contributed by atoms with Crippen molar-refractivity contribution in [3.05, 3.63) is 29.3 Å². The molecule has 136 valence electrons. The van der Waals surface area contributed by atoms with Crippen LogP contribution in [-0.4, -0.2) is 29.0 Å². The summed E-state index contributed by atoms with van der Waals surface area (Å²) in [5.74, 6) is -0.942. The molecule has 25 heavy (non-hydrogen) atoms. The molecular weight excluding hydrogens is 318 g/mol. The number of rotatable bonds is 7. The van der Waals surface area contributed by atoms with Gasteiger partial charge in [-0.3, -0.25) is 0 Å². The second-order valence-electron chi connectivity index (χ2n) is 6.83. The molecule has 0 saturated heterocycles. The van der Waals surface area contributed by atoms with Crippen molar-refractivity contribution < 1.29 is 24.1 Å². The van der Waals surface area contributed by atoms with Gasteiger partial charge in [0.15, 0.2) is 5.71 Å². The maximum atomic E-state index is 10.5. The van der Waals surface area contributed by atoms with Gasteiger partial charge in [-0.1, -0.05) is 13.0 Å². The minimum Gasteiger partial charge on any atom is -0.550 e. The Kier molecular flexibility index (Phi) is 7.72. The third-order valence-corrected chi connectivity index (χ3v) is 5.01. The standard InChI is InChI=1S/C19H27NO2.CO2/c1-5-15-10-11-17-16(13-15)19(3,4)14(2)20(17)12-8-6-7-9-18(21)22;2-1-3/h10-11,13H,5-9,12H2,1-4H3;. The first-order chi connectivity index (χ1) is 11.8. The quantitative estimate of drug-likeness (QED) is 0.561. The van der Waals surface area contributed by atoms with Gasteiger partial charge in [-0.2, -0.15) is 14.2 Å². The highest BCUT2D eigenvalue weighted by atomic mass is 16.4. The van der Waals surface area contributed by atoms with E-state index in [4.69, 9.17) is 9.59 Å². The molecular formula is C20H27NO4. The van der Waals surface area contributed by atoms with Crippen LogP contribution in [0.3, 0.4) is 0 Å². The van der Waals surface area contributed by atoms with Gasteiger partial charge in [0.2, 0.25) is 5.69 Å². The van der Waals surface area contributed by atoms with Crippen LogP contribution in [0.1, 0.15) is 64.5 Å². The molecule has 0 radical (unpaired) electrons. The molecule has 5 nitrogen and oxygen atoms in total. The molecule has 0 spiro atoms. The van der Waals surface area contributed by atoms with E-state index in [0.29, 0.717) is 6.42 Å². The van der Waals surface area contributed by atoms with E-state index in [9.17, 15) is 9.90 Å². The van der Waals surface area contributed by atoms with E-state index in [-0.39, 0.29) is 18.0 Å². The van der Waals surface area contributed by atoms with E-state index < -0.39 is 5.97 Å². The van der Waals surface area contributed by atoms with Gasteiger partial charge in [-0.25, -0.2) is 0 Å². The van der Waals surface area contributed by atoms with Crippen LogP contribution in [0.25, 0.3) is 0 Å². The summed E-state index contributed by atoms with van der Waals surface area (Å²) in [4.78, 5) is 26.7. The van der Waals surface area contributed by atoms with Gasteiger partial charge in [0.1, 0.15) is 6.54 Å². The molecule has 0 fully saturated rings. The molecule has 5 heteroatoms. The van der Waals surface area contributed by atoms with E-state index in [2.05, 4.69) is 50.5 Å². The molecule has 0 aliphatic carbocycles. The van der Waals surface area contributed by atoms with Crippen molar-refractivity contribution in [1.82, 2.24) is 0 Å². The fourth-order valence-electron chi connectivity index (χ4n) is 3.26. The number of benzene rings is 1. The Morgan fingerprint density at radius 1 is 1.20 bits per heavy atom. The van der Waals surface area contributed by atoms with Crippen LogP contribution in [0, 0.1) is 0 Å². The van der Waals surface area contributed by atoms with Crippen LogP contribution in [0.2, 0.25) is 0 Å². The zero-order valence-corrected chi connectivity index (χ0v) is 15.6. The van der Waals surface area contributed by atoms with E-state index in [1.807, 2.05) is 0 Å². The summed E-state index contributed by atoms with van der Waals surface area (Å²) in [6.45, 7) is 9.94. The third kappa shape index (κ3) is 5.10. The smallest absolute Gasteiger partial charge is 0.373 e. The van der Waals surface area contributed by atoms with E-state index in [0.717, 1.165) is 25.8 Å². The van der Waals surface area contributed by atoms with Crippen LogP contribution in [0.5, 0.6) is 0 Å². The molecule has 0 unspecified atom stereocenters. The van der Waals surface area contributed by atoms with Gasteiger partial charge in [0.25, 0.3) is 0 Å². The summed E-state index contributed by atoms with van der Waals surface area (Å²) >= 11 is 0. The molecule has 1 aromatic rings. The summed E-state index contributed by atoms with van der Waals surface area (Å²) in [6, 6.07) is 6.80. The highest BCUT2D eigenvalue weighted by Gasteiger charge is 2.42. The molecule has 0 saturated carbocycles. The number of carbonyl (C=O) groups excluding carboxylic acids is 3. The summed E-state index contributed by atoms with van der Waals surface area (Å²) in [5, 5.41) is 10.5. The first kappa shape index (κ1) is 20.8. The minimum absolute atomic E-state index is 0.0749. The topological polar surface area (TPSA) is 77.3 Å². The van der Waals surface area contributed by atoms with Crippen LogP contribution in [0.15, 0.2) is 18.2 Å². The van der Waals surface area contributed by atoms with E-state index >= 15 is 0 Å². The van der Waals surface area contributed by atoms with Crippen molar-refractivity contribution in [2.24, 2.45) is 0 Å². The van der Waals surface area contributed by atoms with Crippen molar-refractivity contribution in [3.8, 4) is 0 Å². The van der Waals surface area contributed by atoms with Gasteiger partial charge in [-0.15, -0.1) is 0 Å². The number of carboxylic acids is 1. The van der Waals surface area contributed by atoms with Crippen LogP contribution < -0.4 is 5.11 Å². The Balaban J connectivity index is 0.000000970. The number of carbonyl (C=O) groups is 1. The van der Waals surface area contributed by atoms with Gasteiger partial charge >= 0.3 is 6.15 Å². The first-order valence-corrected chi connectivity index (χ1v) is 8.73. The average molecular weight is 345 g/mol. The van der Waals surface area contributed by atoms with Gasteiger partial charge in [0.05, 0.1) is 5.41 Å². The van der Waals surface area contributed by atoms with Crippen molar-refractivity contribution in [2.45, 2.75) is 65.2 Å². The molecule has 1 aliphatic rings. The largest absolute Gasteiger partial charge is 0.550 e. The predicted molar refractivity (Wildman–Crippen MR) is 92.8 cm³/mol. The molecule has 0 N–H and O–H groups in total. The highest BCUT2D eigenvalue weighted by molar-refractivity contribution is 5.93. The fraction of sp³-hybridized carbons (Fsp3) is 0.550. The number of carboxylic acid groups (broad SMARTS) is 1. The summed E-state index contributed by atoms with van der Waals surface area (Å²) in [6.07, 6.45) is 4.13. The molecule has 1 aliphatic heterocycles. The number of nitrogens with zero attached hydrogens (tertiary/aromatic N) is 1. The van der Waals surface area contributed by atoms with E-state index in [1.54, 1.807) is 0 Å². The maximum absolute atomic E-state index is 10.5. The number of hydrogen-bond donors (Lipinski definition) is 0. The Hall–Kier alpha value is -2.26. The SMILES string of the molecule is CCc1ccc2c(c1)C(C)(C)C(C)=[N+]2CCCCCC(=O)[O-].O=C=O. The van der Waals surface area contributed by atoms with Crippen LogP contribution in [-0.2, 0) is 26.2 Å². The number of aryl methyl sites for hydroxylation is 1. The van der Waals surface area contributed by atoms with Crippen molar-refractivity contribution in [3.63, 3.8) is 0 Å². The molecule has 1 aromatic carbocycles. The number of unbranched alkanes of at least 4 members (excludes halogenated alkanes) is 2. The summed E-state index contributed by atoms with van der Waals surface area (Å²) in [7, 11) is 0. The van der Waals surface area contributed by atoms with Gasteiger partial charge < -0.3 is 9.90 Å². The lowest BCUT2D eigenvalue weighted by Crippen LogP contribution is -2.26. The lowest BCUT2D eigenvalue weighted by Gasteiger charge is -2.15. The summed E-state index contributed by atoms with van der Waals surface area (Å²) < 4.78 is 2.41. The second-order valence-corrected chi connectivity index (χ2v) is 6.83. The normalized spacial score (nSPS) is 14.4. The van der Waals surface area contributed by atoms with Crippen molar-refractivity contribution >= 4 is 23.5 Å². The van der Waals surface area contributed by atoms with Crippen molar-refractivity contribution in [2.75, 3.05) is 6.54 Å². The molecule has 0 aromatic heterocycles. The van der Waals surface area contributed by atoms with E-state index in [1.165, 1.54) is 22.5 Å². The predicted octanol–water partition coefficient (Wildman–Crippen LogP) is 2.37. The first-order valence-electron chi connectivity index (χ1n) is 8.73. The average Bonchev–Trinajstić information content (AvgIpc) is 2.75. The van der Waals surface area contributed by atoms with Gasteiger partial charge in [0, 0.05) is 30.9 Å². The number of fused-ring (bicyclic) bond motifs is 1.